The van der Waals surface area contributed by atoms with Gasteiger partial charge in [0, 0.05) is 23.3 Å². The van der Waals surface area contributed by atoms with Gasteiger partial charge in [-0.2, -0.15) is 0 Å². The van der Waals surface area contributed by atoms with Crippen LogP contribution in [0.15, 0.2) is 168 Å². The minimum absolute atomic E-state index is 0.0408. The summed E-state index contributed by atoms with van der Waals surface area (Å²) in [4.78, 5) is 95.9. The number of carbonyl (C=O) groups excluding carboxylic acids is 3. The molecule has 3 atom stereocenters. The quantitative estimate of drug-likeness (QED) is 0.0384. The first-order valence-corrected chi connectivity index (χ1v) is 39.5. The minimum Gasteiger partial charge on any atom is -0.503 e. The second kappa shape index (κ2) is 38.9. The van der Waals surface area contributed by atoms with Crippen molar-refractivity contribution in [1.82, 2.24) is 13.7 Å². The van der Waals surface area contributed by atoms with Crippen LogP contribution in [0.5, 0.6) is 69.0 Å². The molecule has 0 saturated heterocycles. The Balaban J connectivity index is 0.000000192. The molecule has 0 spiro atoms. The van der Waals surface area contributed by atoms with Gasteiger partial charge in [-0.25, -0.2) is 29.4 Å². The molecule has 3 aliphatic rings. The normalized spacial score (nSPS) is 14.9. The number of ether oxygens (including phenoxy) is 12. The number of aromatic hydroxyl groups is 3. The molecule has 3 aliphatic heterocycles. The first kappa shape index (κ1) is 87.2. The van der Waals surface area contributed by atoms with Gasteiger partial charge >= 0.3 is 17.9 Å². The molecule has 12 rings (SSSR count). The van der Waals surface area contributed by atoms with Crippen molar-refractivity contribution < 1.29 is 91.7 Å². The predicted octanol–water partition coefficient (Wildman–Crippen LogP) is 9.88. The number of aliphatic hydroxyl groups is 1. The van der Waals surface area contributed by atoms with Crippen LogP contribution >= 0.6 is 81.8 Å². The maximum Gasteiger partial charge on any atom is 0.338 e. The van der Waals surface area contributed by atoms with Crippen LogP contribution in [0, 0.1) is 0 Å². The molecule has 0 saturated carbocycles. The Morgan fingerprint density at radius 2 is 0.632 bits per heavy atom. The number of halogens is 3. The minimum atomic E-state index is -0.858. The molecule has 34 heteroatoms. The van der Waals surface area contributed by atoms with Crippen LogP contribution in [0.1, 0.15) is 100.0 Å². The highest BCUT2D eigenvalue weighted by atomic mass is 79.9. The molecule has 0 radical (unpaired) electrons. The van der Waals surface area contributed by atoms with Crippen LogP contribution in [0.4, 0.5) is 0 Å². The Kier molecular flexibility index (Phi) is 29.7. The highest BCUT2D eigenvalue weighted by Gasteiger charge is 2.39. The van der Waals surface area contributed by atoms with Crippen molar-refractivity contribution in [3.8, 4) is 69.0 Å². The first-order chi connectivity index (χ1) is 54.6. The Bertz CT molecular complexity index is 5360. The number of hydrogen-bond acceptors (Lipinski definition) is 28. The van der Waals surface area contributed by atoms with E-state index in [-0.39, 0.29) is 94.3 Å². The molecule has 4 N–H and O–H groups in total. The lowest BCUT2D eigenvalue weighted by atomic mass is 9.94. The Morgan fingerprint density at radius 1 is 0.395 bits per heavy atom. The van der Waals surface area contributed by atoms with E-state index in [2.05, 4.69) is 62.8 Å². The second-order valence-corrected chi connectivity index (χ2v) is 29.8. The van der Waals surface area contributed by atoms with Gasteiger partial charge in [-0.05, 0) is 222 Å². The van der Waals surface area contributed by atoms with Gasteiger partial charge in [-0.15, -0.1) is 0 Å². The fourth-order valence-electron chi connectivity index (χ4n) is 12.4. The van der Waals surface area contributed by atoms with E-state index in [0.717, 1.165) is 0 Å². The van der Waals surface area contributed by atoms with Gasteiger partial charge in [-0.3, -0.25) is 28.1 Å². The lowest BCUT2D eigenvalue weighted by Crippen LogP contribution is -2.40. The molecule has 0 aliphatic carbocycles. The summed E-state index contributed by atoms with van der Waals surface area (Å²) in [7, 11) is 13.5. The number of esters is 3. The van der Waals surface area contributed by atoms with Gasteiger partial charge in [0.1, 0.15) is 52.6 Å². The number of aromatic nitrogens is 3. The first-order valence-electron chi connectivity index (χ1n) is 34.7. The standard InChI is InChI=1S/3C26H25BrN2O7S.C2H6O/c3*1-6-36-25(32)21-13(2)28-26-29(22(21)16-12-15(33-3)7-8-18(16)34-4)24(31)20(37-26)11-14-9-17(27)23(30)19(10-14)35-5;1-2-3/h3*7-12,22,30H,6H2,1-5H3;3H,2H2,1H3/b3*20-11+;. The van der Waals surface area contributed by atoms with Crippen molar-refractivity contribution in [2.75, 3.05) is 90.4 Å². The zero-order valence-corrected chi connectivity index (χ0v) is 71.8. The Labute approximate surface area is 690 Å². The third-order valence-corrected chi connectivity index (χ3v) is 22.2. The SMILES string of the molecule is CCO.CCOC(=O)C1=C(C)N=c2s/c(=C/c3cc(Br)c(O)c(OC)c3)c(=O)n2C1c1cc(OC)ccc1OC.CCOC(=O)C1=C(C)N=c2s/c(=C/c3cc(Br)c(O)c(OC)c3)c(=O)n2C1c1cc(OC)ccc1OC.CCOC(=O)C1=C(C)N=c2s/c(=C/c3cc(Br)c(O)c(OC)c3)c(=O)n2C1c1cc(OC)ccc1OC. The second-order valence-electron chi connectivity index (χ2n) is 24.2. The van der Waals surface area contributed by atoms with Crippen LogP contribution in [0.2, 0.25) is 0 Å². The van der Waals surface area contributed by atoms with Crippen molar-refractivity contribution in [2.24, 2.45) is 15.0 Å². The number of fused-ring (bicyclic) bond motifs is 3. The summed E-state index contributed by atoms with van der Waals surface area (Å²) in [5.74, 6) is 1.99. The molecule has 0 bridgehead atoms. The lowest BCUT2D eigenvalue weighted by Gasteiger charge is -2.26. The summed E-state index contributed by atoms with van der Waals surface area (Å²) in [5.41, 5.74) is 4.53. The number of phenols is 3. The number of allylic oxidation sites excluding steroid dienone is 3. The van der Waals surface area contributed by atoms with Gasteiger partial charge in [-0.1, -0.05) is 34.0 Å². The summed E-state index contributed by atoms with van der Waals surface area (Å²) in [6.07, 6.45) is 5.04. The predicted molar refractivity (Wildman–Crippen MR) is 440 cm³/mol. The van der Waals surface area contributed by atoms with Crippen molar-refractivity contribution in [3.63, 3.8) is 0 Å². The van der Waals surface area contributed by atoms with Crippen LogP contribution in [-0.4, -0.2) is 142 Å². The van der Waals surface area contributed by atoms with Crippen LogP contribution in [0.25, 0.3) is 18.2 Å². The molecule has 6 aromatic carbocycles. The maximum absolute atomic E-state index is 13.8. The molecule has 28 nitrogen and oxygen atoms in total. The molecular weight excluding hydrogens is 1730 g/mol. The largest absolute Gasteiger partial charge is 0.503 e. The van der Waals surface area contributed by atoms with E-state index in [4.69, 9.17) is 61.9 Å². The molecular formula is C80H81Br3N6O22S3. The molecule has 602 valence electrons. The van der Waals surface area contributed by atoms with Gasteiger partial charge < -0.3 is 77.3 Å². The highest BCUT2D eigenvalue weighted by molar-refractivity contribution is 9.11. The summed E-state index contributed by atoms with van der Waals surface area (Å²) in [6, 6.07) is 22.9. The topological polar surface area (TPSA) is 346 Å². The number of thiazole rings is 3. The summed E-state index contributed by atoms with van der Waals surface area (Å²) in [5, 5.41) is 38.0. The van der Waals surface area contributed by atoms with Crippen molar-refractivity contribution in [3.05, 3.63) is 231 Å². The van der Waals surface area contributed by atoms with E-state index in [0.29, 0.717) is 126 Å². The number of methoxy groups -OCH3 is 9. The van der Waals surface area contributed by atoms with Crippen molar-refractivity contribution >= 4 is 118 Å². The maximum atomic E-state index is 13.8. The van der Waals surface area contributed by atoms with E-state index < -0.39 is 36.0 Å². The third kappa shape index (κ3) is 18.4. The monoisotopic (exact) mass is 1810 g/mol. The highest BCUT2D eigenvalue weighted by Crippen LogP contribution is 2.43. The number of aliphatic hydroxyl groups excluding tert-OH is 1. The number of phenolic OH excluding ortho intramolecular Hbond substituents is 3. The van der Waals surface area contributed by atoms with Crippen molar-refractivity contribution in [2.45, 2.75) is 66.6 Å². The fraction of sp³-hybridized carbons (Fsp3) is 0.287. The lowest BCUT2D eigenvalue weighted by molar-refractivity contribution is -0.140. The number of hydrogen-bond donors (Lipinski definition) is 4. The van der Waals surface area contributed by atoms with Crippen LogP contribution in [-0.2, 0) is 28.6 Å². The average Bonchev–Trinajstić information content (AvgIpc) is 1.56. The zero-order valence-electron chi connectivity index (χ0n) is 64.6. The Hall–Kier alpha value is -10.8. The zero-order chi connectivity index (χ0) is 83.3. The Morgan fingerprint density at radius 3 is 0.842 bits per heavy atom. The number of nitrogens with zero attached hydrogens (tertiary/aromatic N) is 6. The van der Waals surface area contributed by atoms with Gasteiger partial charge in [0.05, 0.1) is 145 Å². The number of rotatable bonds is 21. The third-order valence-electron chi connectivity index (χ3n) is 17.5. The fourth-order valence-corrected chi connectivity index (χ4v) is 16.9. The van der Waals surface area contributed by atoms with E-state index in [9.17, 15) is 44.1 Å². The van der Waals surface area contributed by atoms with Crippen LogP contribution in [0.3, 0.4) is 0 Å². The summed E-state index contributed by atoms with van der Waals surface area (Å²) in [6.45, 7) is 12.7. The summed E-state index contributed by atoms with van der Waals surface area (Å²) < 4.78 is 71.6. The smallest absolute Gasteiger partial charge is 0.338 e. The van der Waals surface area contributed by atoms with E-state index in [1.807, 2.05) is 0 Å². The van der Waals surface area contributed by atoms with Gasteiger partial charge in [0.2, 0.25) is 0 Å². The van der Waals surface area contributed by atoms with E-state index in [1.165, 1.54) is 112 Å². The molecule has 0 fully saturated rings. The molecule has 3 unspecified atom stereocenters. The number of benzene rings is 6. The van der Waals surface area contributed by atoms with E-state index >= 15 is 0 Å². The summed E-state index contributed by atoms with van der Waals surface area (Å²) >= 11 is 13.5. The van der Waals surface area contributed by atoms with Gasteiger partial charge in [0.15, 0.2) is 48.9 Å². The molecule has 0 amide bonds. The van der Waals surface area contributed by atoms with Crippen LogP contribution < -0.4 is 87.3 Å². The average molecular weight is 1810 g/mol. The number of carbonyl (C=O) groups is 3. The molecule has 3 aromatic heterocycles. The molecule has 9 aromatic rings. The van der Waals surface area contributed by atoms with Crippen molar-refractivity contribution in [1.29, 1.82) is 0 Å². The molecule has 6 heterocycles. The molecule has 114 heavy (non-hydrogen) atoms. The van der Waals surface area contributed by atoms with E-state index in [1.54, 1.807) is 158 Å². The van der Waals surface area contributed by atoms with Gasteiger partial charge in [0.25, 0.3) is 16.7 Å².